The molecule has 3 aromatic rings. The SMILES string of the molecule is COc1cc2c(cc1OC)[C@H](c1cc3cccc(C)c3[nH]c1=O)N(S(C)(=O)=O)CC2. The Bertz CT molecular complexity index is 1300. The van der Waals surface area contributed by atoms with Gasteiger partial charge in [-0.05, 0) is 53.6 Å². The molecule has 1 N–H and O–H groups in total. The molecule has 2 aromatic carbocycles. The molecule has 1 aliphatic heterocycles. The number of hydrogen-bond donors (Lipinski definition) is 1. The van der Waals surface area contributed by atoms with E-state index in [4.69, 9.17) is 9.47 Å². The number of nitrogens with zero attached hydrogens (tertiary/aromatic N) is 1. The Balaban J connectivity index is 2.02. The van der Waals surface area contributed by atoms with Gasteiger partial charge in [0, 0.05) is 12.1 Å². The molecule has 1 aliphatic rings. The summed E-state index contributed by atoms with van der Waals surface area (Å²) in [4.78, 5) is 16.1. The summed E-state index contributed by atoms with van der Waals surface area (Å²) in [6.45, 7) is 2.20. The van der Waals surface area contributed by atoms with Gasteiger partial charge in [0.1, 0.15) is 0 Å². The first-order valence-corrected chi connectivity index (χ1v) is 11.4. The number of para-hydroxylation sites is 1. The topological polar surface area (TPSA) is 88.7 Å². The van der Waals surface area contributed by atoms with E-state index in [9.17, 15) is 13.2 Å². The van der Waals surface area contributed by atoms with Crippen LogP contribution in [0.5, 0.6) is 11.5 Å². The quantitative estimate of drug-likeness (QED) is 0.690. The first-order chi connectivity index (χ1) is 14.2. The normalized spacial score (nSPS) is 17.0. The number of ether oxygens (including phenoxy) is 2. The Labute approximate surface area is 175 Å². The van der Waals surface area contributed by atoms with Crippen molar-refractivity contribution < 1.29 is 17.9 Å². The molecule has 4 rings (SSSR count). The van der Waals surface area contributed by atoms with Crippen LogP contribution in [0.3, 0.4) is 0 Å². The Morgan fingerprint density at radius 1 is 1.07 bits per heavy atom. The molecule has 0 spiro atoms. The Morgan fingerprint density at radius 3 is 2.43 bits per heavy atom. The third-order valence-corrected chi connectivity index (χ3v) is 6.91. The van der Waals surface area contributed by atoms with Crippen LogP contribution in [0.1, 0.15) is 28.3 Å². The molecule has 0 fully saturated rings. The highest BCUT2D eigenvalue weighted by Crippen LogP contribution is 2.41. The third kappa shape index (κ3) is 3.36. The van der Waals surface area contributed by atoms with Gasteiger partial charge in [-0.2, -0.15) is 4.31 Å². The molecule has 0 unspecified atom stereocenters. The van der Waals surface area contributed by atoms with E-state index in [1.54, 1.807) is 19.2 Å². The maximum Gasteiger partial charge on any atom is 0.253 e. The highest BCUT2D eigenvalue weighted by molar-refractivity contribution is 7.88. The van der Waals surface area contributed by atoms with E-state index >= 15 is 0 Å². The van der Waals surface area contributed by atoms with Crippen LogP contribution in [-0.4, -0.2) is 44.7 Å². The highest BCUT2D eigenvalue weighted by atomic mass is 32.2. The monoisotopic (exact) mass is 428 g/mol. The zero-order chi connectivity index (χ0) is 21.6. The van der Waals surface area contributed by atoms with Crippen LogP contribution >= 0.6 is 0 Å². The van der Waals surface area contributed by atoms with Gasteiger partial charge in [-0.3, -0.25) is 4.79 Å². The summed E-state index contributed by atoms with van der Waals surface area (Å²) in [7, 11) is -0.482. The van der Waals surface area contributed by atoms with Gasteiger partial charge in [0.25, 0.3) is 5.56 Å². The molecule has 0 amide bonds. The lowest BCUT2D eigenvalue weighted by atomic mass is 9.89. The number of rotatable bonds is 4. The summed E-state index contributed by atoms with van der Waals surface area (Å²) in [6.07, 6.45) is 1.69. The number of H-pyrrole nitrogens is 1. The summed E-state index contributed by atoms with van der Waals surface area (Å²) < 4.78 is 37.5. The van der Waals surface area contributed by atoms with Crippen LogP contribution in [-0.2, 0) is 16.4 Å². The maximum atomic E-state index is 13.1. The second-order valence-electron chi connectivity index (χ2n) is 7.53. The standard InChI is InChI=1S/C22H24N2O5S/c1-13-6-5-7-15-10-17(22(25)23-20(13)15)21-16-12-19(29-3)18(28-2)11-14(16)8-9-24(21)30(4,26)27/h5-7,10-12,21H,8-9H2,1-4H3,(H,23,25)/t21-/m1/s1. The lowest BCUT2D eigenvalue weighted by Crippen LogP contribution is -2.42. The molecule has 0 radical (unpaired) electrons. The van der Waals surface area contributed by atoms with Gasteiger partial charge in [0.05, 0.1) is 32.0 Å². The first-order valence-electron chi connectivity index (χ1n) is 9.58. The molecular formula is C22H24N2O5S. The van der Waals surface area contributed by atoms with Crippen LogP contribution in [0.25, 0.3) is 10.9 Å². The molecule has 158 valence electrons. The molecule has 1 aromatic heterocycles. The molecule has 7 nitrogen and oxygen atoms in total. The van der Waals surface area contributed by atoms with Crippen molar-refractivity contribution in [1.82, 2.24) is 9.29 Å². The third-order valence-electron chi connectivity index (χ3n) is 5.67. The fraction of sp³-hybridized carbons (Fsp3) is 0.318. The van der Waals surface area contributed by atoms with Crippen molar-refractivity contribution in [3.05, 3.63) is 69.0 Å². The van der Waals surface area contributed by atoms with Crippen LogP contribution in [0, 0.1) is 6.92 Å². The second-order valence-corrected chi connectivity index (χ2v) is 9.46. The van der Waals surface area contributed by atoms with Crippen LogP contribution < -0.4 is 15.0 Å². The maximum absolute atomic E-state index is 13.1. The molecule has 1 atom stereocenters. The number of benzene rings is 2. The van der Waals surface area contributed by atoms with E-state index in [-0.39, 0.29) is 12.1 Å². The van der Waals surface area contributed by atoms with Gasteiger partial charge >= 0.3 is 0 Å². The number of sulfonamides is 1. The molecular weight excluding hydrogens is 404 g/mol. The van der Waals surface area contributed by atoms with E-state index in [0.717, 1.165) is 27.6 Å². The van der Waals surface area contributed by atoms with Crippen molar-refractivity contribution in [1.29, 1.82) is 0 Å². The van der Waals surface area contributed by atoms with E-state index < -0.39 is 16.1 Å². The minimum atomic E-state index is -3.57. The van der Waals surface area contributed by atoms with Crippen molar-refractivity contribution in [2.24, 2.45) is 0 Å². The van der Waals surface area contributed by atoms with Gasteiger partial charge in [-0.25, -0.2) is 8.42 Å². The number of hydrogen-bond acceptors (Lipinski definition) is 5. The molecule has 0 aliphatic carbocycles. The lowest BCUT2D eigenvalue weighted by Gasteiger charge is -2.36. The number of nitrogens with one attached hydrogen (secondary N) is 1. The van der Waals surface area contributed by atoms with Crippen molar-refractivity contribution in [3.8, 4) is 11.5 Å². The second kappa shape index (κ2) is 7.45. The summed E-state index contributed by atoms with van der Waals surface area (Å²) in [5.41, 5.74) is 3.43. The van der Waals surface area contributed by atoms with Crippen LogP contribution in [0.2, 0.25) is 0 Å². The number of fused-ring (bicyclic) bond motifs is 2. The van der Waals surface area contributed by atoms with Gasteiger partial charge < -0.3 is 14.5 Å². The predicted molar refractivity (Wildman–Crippen MR) is 116 cm³/mol. The number of pyridine rings is 1. The summed E-state index contributed by atoms with van der Waals surface area (Å²) >= 11 is 0. The van der Waals surface area contributed by atoms with Gasteiger partial charge in [0.15, 0.2) is 11.5 Å². The zero-order valence-corrected chi connectivity index (χ0v) is 18.2. The van der Waals surface area contributed by atoms with Crippen molar-refractivity contribution >= 4 is 20.9 Å². The van der Waals surface area contributed by atoms with Crippen molar-refractivity contribution in [2.75, 3.05) is 27.0 Å². The van der Waals surface area contributed by atoms with Crippen LogP contribution in [0.4, 0.5) is 0 Å². The minimum Gasteiger partial charge on any atom is -0.493 e. The minimum absolute atomic E-state index is 0.275. The Kier molecular flexibility index (Phi) is 5.07. The van der Waals surface area contributed by atoms with Crippen molar-refractivity contribution in [2.45, 2.75) is 19.4 Å². The Hall–Kier alpha value is -2.84. The summed E-state index contributed by atoms with van der Waals surface area (Å²) in [5.74, 6) is 1.07. The molecule has 8 heteroatoms. The number of methoxy groups -OCH3 is 2. The molecule has 0 saturated carbocycles. The molecule has 2 heterocycles. The van der Waals surface area contributed by atoms with Crippen LogP contribution in [0.15, 0.2) is 41.2 Å². The molecule has 30 heavy (non-hydrogen) atoms. The summed E-state index contributed by atoms with van der Waals surface area (Å²) in [6, 6.07) is 10.4. The number of aryl methyl sites for hydroxylation is 1. The Morgan fingerprint density at radius 2 is 1.77 bits per heavy atom. The zero-order valence-electron chi connectivity index (χ0n) is 17.4. The van der Waals surface area contributed by atoms with E-state index in [1.807, 2.05) is 31.2 Å². The number of aromatic amines is 1. The fourth-order valence-electron chi connectivity index (χ4n) is 4.21. The van der Waals surface area contributed by atoms with Gasteiger partial charge in [-0.1, -0.05) is 18.2 Å². The predicted octanol–water partition coefficient (Wildman–Crippen LogP) is 2.76. The fourth-order valence-corrected chi connectivity index (χ4v) is 5.24. The average molecular weight is 429 g/mol. The average Bonchev–Trinajstić information content (AvgIpc) is 2.71. The van der Waals surface area contributed by atoms with E-state index in [0.29, 0.717) is 23.5 Å². The van der Waals surface area contributed by atoms with Gasteiger partial charge in [0.2, 0.25) is 10.0 Å². The number of aromatic nitrogens is 1. The van der Waals surface area contributed by atoms with Crippen molar-refractivity contribution in [3.63, 3.8) is 0 Å². The highest BCUT2D eigenvalue weighted by Gasteiger charge is 2.37. The smallest absolute Gasteiger partial charge is 0.253 e. The lowest BCUT2D eigenvalue weighted by molar-refractivity contribution is 0.332. The molecule has 0 saturated heterocycles. The van der Waals surface area contributed by atoms with E-state index in [2.05, 4.69) is 4.98 Å². The van der Waals surface area contributed by atoms with E-state index in [1.165, 1.54) is 17.7 Å². The first kappa shape index (κ1) is 20.4. The largest absolute Gasteiger partial charge is 0.493 e. The summed E-state index contributed by atoms with van der Waals surface area (Å²) in [5, 5.41) is 0.852. The molecule has 0 bridgehead atoms. The van der Waals surface area contributed by atoms with Gasteiger partial charge in [-0.15, -0.1) is 0 Å².